The van der Waals surface area contributed by atoms with Crippen molar-refractivity contribution in [2.75, 3.05) is 19.1 Å². The van der Waals surface area contributed by atoms with Crippen LogP contribution >= 0.6 is 0 Å². The van der Waals surface area contributed by atoms with Crippen LogP contribution in [-0.2, 0) is 17.8 Å². The lowest BCUT2D eigenvalue weighted by Crippen LogP contribution is -2.39. The second kappa shape index (κ2) is 10.8. The molecule has 0 aliphatic carbocycles. The van der Waals surface area contributed by atoms with E-state index in [1.54, 1.807) is 30.0 Å². The Morgan fingerprint density at radius 1 is 1.03 bits per heavy atom. The number of esters is 1. The van der Waals surface area contributed by atoms with Crippen LogP contribution in [-0.4, -0.2) is 30.9 Å². The van der Waals surface area contributed by atoms with Crippen molar-refractivity contribution in [3.05, 3.63) is 112 Å². The highest BCUT2D eigenvalue weighted by Gasteiger charge is 2.31. The number of ether oxygens (including phenoxy) is 1. The molecule has 0 unspecified atom stereocenters. The molecule has 0 spiro atoms. The maximum Gasteiger partial charge on any atom is 0.338 e. The lowest BCUT2D eigenvalue weighted by atomic mass is 9.96. The summed E-state index contributed by atoms with van der Waals surface area (Å²) < 4.78 is 61.1. The number of hydrogen-bond donors (Lipinski definition) is 1. The van der Waals surface area contributed by atoms with E-state index in [1.165, 1.54) is 19.2 Å². The predicted molar refractivity (Wildman–Crippen MR) is 140 cm³/mol. The second-order valence-electron chi connectivity index (χ2n) is 9.28. The fourth-order valence-corrected chi connectivity index (χ4v) is 4.63. The number of nitrogens with one attached hydrogen (secondary N) is 1. The molecule has 4 rings (SSSR count). The van der Waals surface area contributed by atoms with Crippen molar-refractivity contribution in [2.45, 2.75) is 33.0 Å². The average Bonchev–Trinajstić information content (AvgIpc) is 2.90. The van der Waals surface area contributed by atoms with E-state index >= 15 is 4.39 Å². The molecule has 206 valence electrons. The lowest BCUT2D eigenvalue weighted by molar-refractivity contribution is 0.0599. The van der Waals surface area contributed by atoms with Gasteiger partial charge in [-0.25, -0.2) is 22.4 Å². The minimum atomic E-state index is -1.11. The van der Waals surface area contributed by atoms with Gasteiger partial charge in [0.15, 0.2) is 0 Å². The first kappa shape index (κ1) is 27.7. The van der Waals surface area contributed by atoms with Crippen LogP contribution in [0.1, 0.15) is 57.4 Å². The third-order valence-electron chi connectivity index (χ3n) is 7.13. The van der Waals surface area contributed by atoms with Gasteiger partial charge >= 0.3 is 5.97 Å². The summed E-state index contributed by atoms with van der Waals surface area (Å²) in [7, 11) is 3.08. The number of benzene rings is 3. The molecule has 1 heterocycles. The van der Waals surface area contributed by atoms with E-state index in [0.717, 1.165) is 5.56 Å². The van der Waals surface area contributed by atoms with E-state index in [4.69, 9.17) is 4.74 Å². The first-order valence-corrected chi connectivity index (χ1v) is 12.1. The molecule has 3 aromatic carbocycles. The maximum atomic E-state index is 15.0. The van der Waals surface area contributed by atoms with Crippen LogP contribution in [0.2, 0.25) is 0 Å². The van der Waals surface area contributed by atoms with Crippen LogP contribution in [0.3, 0.4) is 0 Å². The number of anilines is 1. The third kappa shape index (κ3) is 5.19. The Hall–Kier alpha value is -4.34. The molecule has 0 aromatic heterocycles. The van der Waals surface area contributed by atoms with Crippen LogP contribution < -0.4 is 10.2 Å². The Balaban J connectivity index is 0.00000441. The Labute approximate surface area is 225 Å². The largest absolute Gasteiger partial charge is 0.465 e. The van der Waals surface area contributed by atoms with Crippen LogP contribution in [0.4, 0.5) is 23.2 Å². The molecule has 0 bridgehead atoms. The summed E-state index contributed by atoms with van der Waals surface area (Å²) in [6, 6.07) is 8.44. The second-order valence-corrected chi connectivity index (χ2v) is 9.28. The fraction of sp³-hybridized carbons (Fsp3) is 0.241. The Bertz CT molecular complexity index is 1470. The standard InChI is InChI=1S/C29H27F4N3O3.H2/c1-15-20(29(38)39-5)8-9-24(31)23(15)14-36-17(3)35(4)16(2)21-7-6-18(10-27(21)36)28(37)34-13-22-25(32)11-19(30)12-26(22)33;/h6-12,16H,3,13-14H2,1-2,4-5H3,(H,34,37);1H/t16-;/m0./s1. The molecule has 1 aliphatic heterocycles. The number of fused-ring (bicyclic) bond motifs is 1. The van der Waals surface area contributed by atoms with Crippen molar-refractivity contribution in [1.29, 1.82) is 0 Å². The molecule has 1 aliphatic rings. The normalized spacial score (nSPS) is 14.8. The Kier molecular flexibility index (Phi) is 7.67. The minimum Gasteiger partial charge on any atom is -0.465 e. The smallest absolute Gasteiger partial charge is 0.338 e. The van der Waals surface area contributed by atoms with Crippen molar-refractivity contribution in [3.63, 3.8) is 0 Å². The number of carbonyl (C=O) groups is 2. The SMILES string of the molecule is C=C1N(Cc2c(F)ccc(C(=O)OC)c2C)c2cc(C(=O)NCc3c(F)cc(F)cc3F)ccc2[C@H](C)N1C.[HH]. The number of nitrogens with zero attached hydrogens (tertiary/aromatic N) is 2. The number of halogens is 4. The van der Waals surface area contributed by atoms with Crippen molar-refractivity contribution in [1.82, 2.24) is 10.2 Å². The quantitative estimate of drug-likeness (QED) is 0.305. The van der Waals surface area contributed by atoms with Crippen LogP contribution in [0, 0.1) is 30.2 Å². The number of amides is 1. The van der Waals surface area contributed by atoms with Gasteiger partial charge in [-0.05, 0) is 49.2 Å². The molecule has 1 N–H and O–H groups in total. The zero-order valence-corrected chi connectivity index (χ0v) is 21.9. The molecule has 1 amide bonds. The topological polar surface area (TPSA) is 61.9 Å². The molecular formula is C29H29F4N3O3. The van der Waals surface area contributed by atoms with Crippen LogP contribution in [0.5, 0.6) is 0 Å². The van der Waals surface area contributed by atoms with Gasteiger partial charge in [0.25, 0.3) is 5.91 Å². The van der Waals surface area contributed by atoms with Gasteiger partial charge in [-0.15, -0.1) is 0 Å². The number of rotatable bonds is 6. The Morgan fingerprint density at radius 3 is 2.33 bits per heavy atom. The molecule has 6 nitrogen and oxygen atoms in total. The molecule has 1 atom stereocenters. The summed E-state index contributed by atoms with van der Waals surface area (Å²) in [6.07, 6.45) is 0. The van der Waals surface area contributed by atoms with E-state index in [-0.39, 0.29) is 30.7 Å². The van der Waals surface area contributed by atoms with E-state index in [0.29, 0.717) is 29.2 Å². The van der Waals surface area contributed by atoms with Gasteiger partial charge in [0.1, 0.15) is 29.1 Å². The van der Waals surface area contributed by atoms with E-state index < -0.39 is 47.3 Å². The van der Waals surface area contributed by atoms with Crippen LogP contribution in [0.15, 0.2) is 54.9 Å². The summed E-state index contributed by atoms with van der Waals surface area (Å²) in [4.78, 5) is 28.8. The highest BCUT2D eigenvalue weighted by atomic mass is 19.1. The summed E-state index contributed by atoms with van der Waals surface area (Å²) >= 11 is 0. The molecule has 39 heavy (non-hydrogen) atoms. The molecular weight excluding hydrogens is 514 g/mol. The summed E-state index contributed by atoms with van der Waals surface area (Å²) in [5.41, 5.74) is 2.03. The Morgan fingerprint density at radius 2 is 1.69 bits per heavy atom. The highest BCUT2D eigenvalue weighted by molar-refractivity contribution is 5.95. The zero-order valence-electron chi connectivity index (χ0n) is 21.9. The van der Waals surface area contributed by atoms with Gasteiger partial charge in [-0.2, -0.15) is 0 Å². The minimum absolute atomic E-state index is 0. The molecule has 0 saturated heterocycles. The van der Waals surface area contributed by atoms with Crippen molar-refractivity contribution >= 4 is 17.6 Å². The van der Waals surface area contributed by atoms with Gasteiger partial charge in [-0.3, -0.25) is 4.79 Å². The number of methoxy groups -OCH3 is 1. The molecule has 10 heteroatoms. The van der Waals surface area contributed by atoms with Crippen molar-refractivity contribution in [2.24, 2.45) is 0 Å². The average molecular weight is 544 g/mol. The fourth-order valence-electron chi connectivity index (χ4n) is 4.63. The van der Waals surface area contributed by atoms with Gasteiger partial charge in [0.2, 0.25) is 0 Å². The van der Waals surface area contributed by atoms with E-state index in [2.05, 4.69) is 11.9 Å². The molecule has 0 saturated carbocycles. The summed E-state index contributed by atoms with van der Waals surface area (Å²) in [5.74, 6) is -4.47. The summed E-state index contributed by atoms with van der Waals surface area (Å²) in [6.45, 7) is 7.24. The maximum absolute atomic E-state index is 15.0. The van der Waals surface area contributed by atoms with Gasteiger partial charge in [0, 0.05) is 49.5 Å². The van der Waals surface area contributed by atoms with Crippen LogP contribution in [0.25, 0.3) is 0 Å². The van der Waals surface area contributed by atoms with E-state index in [1.807, 2.05) is 18.9 Å². The monoisotopic (exact) mass is 543 g/mol. The zero-order chi connectivity index (χ0) is 28.6. The molecule has 3 aromatic rings. The van der Waals surface area contributed by atoms with Gasteiger partial charge in [-0.1, -0.05) is 12.6 Å². The molecule has 0 fully saturated rings. The molecule has 0 radical (unpaired) electrons. The number of carbonyl (C=O) groups excluding carboxylic acids is 2. The predicted octanol–water partition coefficient (Wildman–Crippen LogP) is 6.00. The van der Waals surface area contributed by atoms with Crippen molar-refractivity contribution < 1.29 is 33.3 Å². The van der Waals surface area contributed by atoms with E-state index in [9.17, 15) is 22.8 Å². The summed E-state index contributed by atoms with van der Waals surface area (Å²) in [5, 5.41) is 2.46. The van der Waals surface area contributed by atoms with Crippen molar-refractivity contribution in [3.8, 4) is 0 Å². The first-order valence-electron chi connectivity index (χ1n) is 12.1. The highest BCUT2D eigenvalue weighted by Crippen LogP contribution is 2.41. The third-order valence-corrected chi connectivity index (χ3v) is 7.13. The first-order chi connectivity index (χ1) is 18.4. The van der Waals surface area contributed by atoms with Gasteiger partial charge < -0.3 is 19.9 Å². The lowest BCUT2D eigenvalue weighted by Gasteiger charge is -2.43. The number of hydrogen-bond acceptors (Lipinski definition) is 5. The van der Waals surface area contributed by atoms with Gasteiger partial charge in [0.05, 0.1) is 25.3 Å².